The largest absolute Gasteiger partial charge is 0.345 e. The highest BCUT2D eigenvalue weighted by molar-refractivity contribution is 6.01. The summed E-state index contributed by atoms with van der Waals surface area (Å²) in [6, 6.07) is 17.9. The summed E-state index contributed by atoms with van der Waals surface area (Å²) < 4.78 is 1.97. The van der Waals surface area contributed by atoms with Gasteiger partial charge in [0.1, 0.15) is 5.82 Å². The number of nitrogens with one attached hydrogen (secondary N) is 2. The van der Waals surface area contributed by atoms with Crippen molar-refractivity contribution in [3.8, 4) is 22.6 Å². The molecular weight excluding hydrogens is 424 g/mol. The molecule has 0 aliphatic carbocycles. The first kappa shape index (κ1) is 21.6. The summed E-state index contributed by atoms with van der Waals surface area (Å²) in [5, 5.41) is 4.38. The number of aryl methyl sites for hydroxylation is 1. The fraction of sp³-hybridized carbons (Fsp3) is 0.185. The first-order valence-corrected chi connectivity index (χ1v) is 11.4. The van der Waals surface area contributed by atoms with Crippen molar-refractivity contribution in [2.45, 2.75) is 20.3 Å². The van der Waals surface area contributed by atoms with Crippen molar-refractivity contribution < 1.29 is 4.79 Å². The Hall–Kier alpha value is -4.26. The molecule has 2 aromatic carbocycles. The number of hydrogen-bond donors (Lipinski definition) is 2. The quantitative estimate of drug-likeness (QED) is 0.297. The normalized spacial score (nSPS) is 12.1. The van der Waals surface area contributed by atoms with Crippen LogP contribution in [0.4, 0.5) is 11.5 Å². The Bertz CT molecular complexity index is 1450. The number of ketones is 1. The van der Waals surface area contributed by atoms with E-state index in [0.717, 1.165) is 45.5 Å². The third-order valence-electron chi connectivity index (χ3n) is 6.24. The fourth-order valence-electron chi connectivity index (χ4n) is 4.01. The molecule has 34 heavy (non-hydrogen) atoms. The number of benzene rings is 2. The Kier molecular flexibility index (Phi) is 5.67. The van der Waals surface area contributed by atoms with Crippen LogP contribution in [0.2, 0.25) is 0 Å². The van der Waals surface area contributed by atoms with Crippen LogP contribution in [0.3, 0.4) is 0 Å². The molecule has 0 saturated heterocycles. The summed E-state index contributed by atoms with van der Waals surface area (Å²) in [6.45, 7) is 4.01. The highest BCUT2D eigenvalue weighted by atomic mass is 16.1. The van der Waals surface area contributed by atoms with Gasteiger partial charge in [-0.05, 0) is 42.3 Å². The predicted octanol–water partition coefficient (Wildman–Crippen LogP) is 6.00. The van der Waals surface area contributed by atoms with Gasteiger partial charge in [0, 0.05) is 41.3 Å². The number of carbonyl (C=O) groups is 1. The van der Waals surface area contributed by atoms with Crippen molar-refractivity contribution in [1.29, 1.82) is 0 Å². The molecule has 0 bridgehead atoms. The SMILES string of the molecule is CCC(C)C(=O)c1cc2ccc(-c3nccc(Nc4ccc(-c5cnc[nH]5)cc4)n3)cc2n1C. The Morgan fingerprint density at radius 3 is 2.62 bits per heavy atom. The molecule has 2 N–H and O–H groups in total. The maximum Gasteiger partial charge on any atom is 0.182 e. The van der Waals surface area contributed by atoms with E-state index in [9.17, 15) is 4.79 Å². The molecule has 0 amide bonds. The minimum atomic E-state index is 0.00197. The number of Topliss-reactive ketones (excluding diaryl/α,β-unsaturated/α-hetero) is 1. The number of nitrogens with zero attached hydrogens (tertiary/aromatic N) is 4. The van der Waals surface area contributed by atoms with Gasteiger partial charge in [-0.15, -0.1) is 0 Å². The summed E-state index contributed by atoms with van der Waals surface area (Å²) >= 11 is 0. The molecule has 0 radical (unpaired) electrons. The zero-order valence-corrected chi connectivity index (χ0v) is 19.4. The van der Waals surface area contributed by atoms with Gasteiger partial charge in [0.2, 0.25) is 0 Å². The average Bonchev–Trinajstić information content (AvgIpc) is 3.52. The van der Waals surface area contributed by atoms with Crippen LogP contribution in [-0.4, -0.2) is 30.3 Å². The number of rotatable bonds is 7. The van der Waals surface area contributed by atoms with E-state index in [1.54, 1.807) is 18.7 Å². The highest BCUT2D eigenvalue weighted by Gasteiger charge is 2.18. The molecular formula is C27H26N6O. The Balaban J connectivity index is 1.41. The van der Waals surface area contributed by atoms with Gasteiger partial charge in [0.25, 0.3) is 0 Å². The predicted molar refractivity (Wildman–Crippen MR) is 135 cm³/mol. The second-order valence-corrected chi connectivity index (χ2v) is 8.47. The Labute approximate surface area is 197 Å². The van der Waals surface area contributed by atoms with Crippen molar-refractivity contribution in [2.24, 2.45) is 13.0 Å². The first-order chi connectivity index (χ1) is 16.5. The van der Waals surface area contributed by atoms with Crippen molar-refractivity contribution in [3.05, 3.63) is 79.0 Å². The van der Waals surface area contributed by atoms with Crippen molar-refractivity contribution in [2.75, 3.05) is 5.32 Å². The van der Waals surface area contributed by atoms with E-state index in [1.807, 2.05) is 80.1 Å². The second kappa shape index (κ2) is 8.94. The van der Waals surface area contributed by atoms with E-state index in [2.05, 4.69) is 20.3 Å². The summed E-state index contributed by atoms with van der Waals surface area (Å²) in [6.07, 6.45) is 6.04. The summed E-state index contributed by atoms with van der Waals surface area (Å²) in [5.74, 6) is 1.50. The van der Waals surface area contributed by atoms with E-state index >= 15 is 0 Å². The van der Waals surface area contributed by atoms with Crippen LogP contribution in [-0.2, 0) is 7.05 Å². The van der Waals surface area contributed by atoms with E-state index in [4.69, 9.17) is 4.98 Å². The fourth-order valence-corrected chi connectivity index (χ4v) is 4.01. The van der Waals surface area contributed by atoms with E-state index in [-0.39, 0.29) is 11.7 Å². The summed E-state index contributed by atoms with van der Waals surface area (Å²) in [4.78, 5) is 29.1. The van der Waals surface area contributed by atoms with Gasteiger partial charge in [-0.2, -0.15) is 0 Å². The molecule has 7 nitrogen and oxygen atoms in total. The number of hydrogen-bond acceptors (Lipinski definition) is 5. The van der Waals surface area contributed by atoms with E-state index < -0.39 is 0 Å². The smallest absolute Gasteiger partial charge is 0.182 e. The number of aromatic nitrogens is 5. The molecule has 0 aliphatic rings. The van der Waals surface area contributed by atoms with Crippen molar-refractivity contribution >= 4 is 28.2 Å². The molecule has 7 heteroatoms. The number of anilines is 2. The zero-order chi connectivity index (χ0) is 23.7. The van der Waals surface area contributed by atoms with Crippen LogP contribution >= 0.6 is 0 Å². The summed E-state index contributed by atoms with van der Waals surface area (Å²) in [7, 11) is 1.94. The Morgan fingerprint density at radius 1 is 1.09 bits per heavy atom. The molecule has 0 saturated carbocycles. The molecule has 1 unspecified atom stereocenters. The molecule has 3 aromatic heterocycles. The number of imidazole rings is 1. The molecule has 0 aliphatic heterocycles. The van der Waals surface area contributed by atoms with Gasteiger partial charge >= 0.3 is 0 Å². The first-order valence-electron chi connectivity index (χ1n) is 11.4. The van der Waals surface area contributed by atoms with Gasteiger partial charge in [-0.3, -0.25) is 4.79 Å². The monoisotopic (exact) mass is 450 g/mol. The number of fused-ring (bicyclic) bond motifs is 1. The van der Waals surface area contributed by atoms with Crippen molar-refractivity contribution in [3.63, 3.8) is 0 Å². The molecule has 3 heterocycles. The van der Waals surface area contributed by atoms with Gasteiger partial charge in [-0.1, -0.05) is 38.1 Å². The lowest BCUT2D eigenvalue weighted by atomic mass is 10.0. The molecule has 5 aromatic rings. The number of carbonyl (C=O) groups excluding carboxylic acids is 1. The van der Waals surface area contributed by atoms with Gasteiger partial charge < -0.3 is 14.9 Å². The van der Waals surface area contributed by atoms with E-state index in [0.29, 0.717) is 11.6 Å². The Morgan fingerprint density at radius 2 is 1.88 bits per heavy atom. The van der Waals surface area contributed by atoms with Crippen molar-refractivity contribution in [1.82, 2.24) is 24.5 Å². The lowest BCUT2D eigenvalue weighted by Gasteiger charge is -2.09. The third-order valence-corrected chi connectivity index (χ3v) is 6.24. The molecule has 5 rings (SSSR count). The third kappa shape index (κ3) is 4.08. The highest BCUT2D eigenvalue weighted by Crippen LogP contribution is 2.27. The van der Waals surface area contributed by atoms with Crippen LogP contribution in [0.5, 0.6) is 0 Å². The second-order valence-electron chi connectivity index (χ2n) is 8.47. The zero-order valence-electron chi connectivity index (χ0n) is 19.4. The van der Waals surface area contributed by atoms with Crippen LogP contribution in [0.15, 0.2) is 73.3 Å². The molecule has 0 fully saturated rings. The standard InChI is InChI=1S/C27H26N6O/c1-4-17(2)26(34)24-13-19-5-6-20(14-23(19)33(24)3)27-29-12-11-25(32-27)31-21-9-7-18(8-10-21)22-15-28-16-30-22/h5-17H,4H2,1-3H3,(H,28,30)(H,29,31,32). The van der Waals surface area contributed by atoms with Gasteiger partial charge in [0.05, 0.1) is 23.9 Å². The topological polar surface area (TPSA) is 88.5 Å². The van der Waals surface area contributed by atoms with Crippen LogP contribution in [0.25, 0.3) is 33.5 Å². The lowest BCUT2D eigenvalue weighted by Crippen LogP contribution is -2.13. The molecule has 0 spiro atoms. The maximum atomic E-state index is 12.8. The van der Waals surface area contributed by atoms with E-state index in [1.165, 1.54) is 0 Å². The van der Waals surface area contributed by atoms with Gasteiger partial charge in [0.15, 0.2) is 11.6 Å². The van der Waals surface area contributed by atoms with Crippen LogP contribution < -0.4 is 5.32 Å². The maximum absolute atomic E-state index is 12.8. The molecule has 1 atom stereocenters. The minimum absolute atomic E-state index is 0.00197. The average molecular weight is 451 g/mol. The van der Waals surface area contributed by atoms with Crippen LogP contribution in [0.1, 0.15) is 30.8 Å². The molecule has 170 valence electrons. The van der Waals surface area contributed by atoms with Crippen LogP contribution in [0, 0.1) is 5.92 Å². The van der Waals surface area contributed by atoms with Gasteiger partial charge in [-0.25, -0.2) is 15.0 Å². The minimum Gasteiger partial charge on any atom is -0.345 e. The summed E-state index contributed by atoms with van der Waals surface area (Å²) in [5.41, 5.74) is 5.58. The number of H-pyrrole nitrogens is 1. The lowest BCUT2D eigenvalue weighted by molar-refractivity contribution is 0.0919. The number of aromatic amines is 1.